The summed E-state index contributed by atoms with van der Waals surface area (Å²) >= 11 is 0. The molecule has 2 unspecified atom stereocenters. The number of hydrogen-bond acceptors (Lipinski definition) is 4. The van der Waals surface area contributed by atoms with Crippen molar-refractivity contribution in [3.05, 3.63) is 42.5 Å². The number of fused-ring (bicyclic) bond motifs is 1. The Labute approximate surface area is 140 Å². The fourth-order valence-corrected chi connectivity index (χ4v) is 3.21. The van der Waals surface area contributed by atoms with E-state index in [-0.39, 0.29) is 12.5 Å². The second kappa shape index (κ2) is 6.98. The number of benzene rings is 2. The number of carbonyl (C=O) groups is 2. The quantitative estimate of drug-likeness (QED) is 0.783. The van der Waals surface area contributed by atoms with E-state index in [1.54, 1.807) is 6.07 Å². The molecule has 2 aromatic rings. The average Bonchev–Trinajstić information content (AvgIpc) is 3.09. The van der Waals surface area contributed by atoms with Gasteiger partial charge in [0.25, 0.3) is 5.91 Å². The molecular formula is C18H21N3O3. The number of anilines is 1. The number of rotatable bonds is 4. The van der Waals surface area contributed by atoms with E-state index < -0.39 is 18.1 Å². The van der Waals surface area contributed by atoms with Crippen molar-refractivity contribution in [1.29, 1.82) is 0 Å². The van der Waals surface area contributed by atoms with Crippen LogP contribution >= 0.6 is 0 Å². The van der Waals surface area contributed by atoms with Crippen LogP contribution in [0.2, 0.25) is 0 Å². The summed E-state index contributed by atoms with van der Waals surface area (Å²) in [4.78, 5) is 25.7. The van der Waals surface area contributed by atoms with Crippen molar-refractivity contribution in [2.75, 3.05) is 18.4 Å². The lowest BCUT2D eigenvalue weighted by atomic mass is 10.1. The minimum atomic E-state index is -1.27. The molecule has 0 radical (unpaired) electrons. The number of nitrogens with two attached hydrogens (primary N) is 1. The lowest BCUT2D eigenvalue weighted by molar-refractivity contribution is -0.136. The number of nitrogens with zero attached hydrogens (tertiary/aromatic N) is 1. The summed E-state index contributed by atoms with van der Waals surface area (Å²) < 4.78 is 0. The molecule has 24 heavy (non-hydrogen) atoms. The van der Waals surface area contributed by atoms with E-state index in [4.69, 9.17) is 5.73 Å². The molecule has 1 heterocycles. The molecule has 0 aliphatic carbocycles. The SMILES string of the molecule is NCC(=O)N1CCCC1C(O)C(=O)Nc1ccc2ccccc2c1. The standard InChI is InChI=1S/C18H21N3O3/c19-11-16(22)21-9-3-6-15(21)17(23)18(24)20-14-8-7-12-4-1-2-5-13(12)10-14/h1-2,4-5,7-8,10,15,17,23H,3,6,9,11,19H2,(H,20,24). The van der Waals surface area contributed by atoms with Gasteiger partial charge in [0.15, 0.2) is 6.10 Å². The Morgan fingerprint density at radius 3 is 2.75 bits per heavy atom. The van der Waals surface area contributed by atoms with Crippen LogP contribution in [0.3, 0.4) is 0 Å². The highest BCUT2D eigenvalue weighted by atomic mass is 16.3. The van der Waals surface area contributed by atoms with Crippen LogP contribution in [0.5, 0.6) is 0 Å². The molecule has 126 valence electrons. The lowest BCUT2D eigenvalue weighted by Crippen LogP contribution is -2.49. The van der Waals surface area contributed by atoms with Gasteiger partial charge in [0, 0.05) is 12.2 Å². The Morgan fingerprint density at radius 2 is 2.00 bits per heavy atom. The van der Waals surface area contributed by atoms with Gasteiger partial charge < -0.3 is 21.1 Å². The third-order valence-electron chi connectivity index (χ3n) is 4.44. The minimum absolute atomic E-state index is 0.116. The third-order valence-corrected chi connectivity index (χ3v) is 4.44. The maximum absolute atomic E-state index is 12.4. The van der Waals surface area contributed by atoms with Crippen molar-refractivity contribution in [3.63, 3.8) is 0 Å². The lowest BCUT2D eigenvalue weighted by Gasteiger charge is -2.27. The second-order valence-corrected chi connectivity index (χ2v) is 6.00. The molecule has 6 heteroatoms. The third kappa shape index (κ3) is 3.25. The molecule has 0 saturated carbocycles. The first-order valence-electron chi connectivity index (χ1n) is 8.07. The van der Waals surface area contributed by atoms with Crippen LogP contribution in [0.1, 0.15) is 12.8 Å². The summed E-state index contributed by atoms with van der Waals surface area (Å²) in [5.41, 5.74) is 6.01. The number of aliphatic hydroxyl groups is 1. The molecule has 4 N–H and O–H groups in total. The first kappa shape index (κ1) is 16.4. The van der Waals surface area contributed by atoms with Crippen molar-refractivity contribution in [3.8, 4) is 0 Å². The molecular weight excluding hydrogens is 306 g/mol. The van der Waals surface area contributed by atoms with Crippen LogP contribution in [-0.2, 0) is 9.59 Å². The molecule has 0 aromatic heterocycles. The van der Waals surface area contributed by atoms with Crippen LogP contribution in [0.25, 0.3) is 10.8 Å². The number of nitrogens with one attached hydrogen (secondary N) is 1. The molecule has 2 aromatic carbocycles. The molecule has 1 saturated heterocycles. The van der Waals surface area contributed by atoms with Gasteiger partial charge in [0.1, 0.15) is 0 Å². The summed E-state index contributed by atoms with van der Waals surface area (Å²) in [6, 6.07) is 12.9. The average molecular weight is 327 g/mol. The summed E-state index contributed by atoms with van der Waals surface area (Å²) in [6.45, 7) is 0.413. The van der Waals surface area contributed by atoms with Crippen molar-refractivity contribution < 1.29 is 14.7 Å². The zero-order valence-electron chi connectivity index (χ0n) is 13.3. The van der Waals surface area contributed by atoms with E-state index in [0.29, 0.717) is 18.7 Å². The highest BCUT2D eigenvalue weighted by Gasteiger charge is 2.36. The van der Waals surface area contributed by atoms with Crippen LogP contribution < -0.4 is 11.1 Å². The van der Waals surface area contributed by atoms with E-state index in [1.807, 2.05) is 36.4 Å². The summed E-state index contributed by atoms with van der Waals surface area (Å²) in [7, 11) is 0. The number of amides is 2. The van der Waals surface area contributed by atoms with E-state index in [1.165, 1.54) is 4.90 Å². The van der Waals surface area contributed by atoms with E-state index in [2.05, 4.69) is 5.32 Å². The summed E-state index contributed by atoms with van der Waals surface area (Å²) in [5, 5.41) is 15.2. The predicted molar refractivity (Wildman–Crippen MR) is 92.4 cm³/mol. The Bertz CT molecular complexity index is 762. The van der Waals surface area contributed by atoms with Gasteiger partial charge in [0.2, 0.25) is 5.91 Å². The Morgan fingerprint density at radius 1 is 1.25 bits per heavy atom. The molecule has 0 bridgehead atoms. The van der Waals surface area contributed by atoms with Crippen molar-refractivity contribution >= 4 is 28.3 Å². The maximum atomic E-state index is 12.4. The molecule has 1 aliphatic rings. The van der Waals surface area contributed by atoms with Crippen molar-refractivity contribution in [1.82, 2.24) is 4.90 Å². The van der Waals surface area contributed by atoms with Gasteiger partial charge in [-0.1, -0.05) is 30.3 Å². The number of carbonyl (C=O) groups excluding carboxylic acids is 2. The van der Waals surface area contributed by atoms with E-state index in [0.717, 1.165) is 17.2 Å². The van der Waals surface area contributed by atoms with Crippen molar-refractivity contribution in [2.45, 2.75) is 25.0 Å². The fraction of sp³-hybridized carbons (Fsp3) is 0.333. The first-order chi connectivity index (χ1) is 11.6. The topological polar surface area (TPSA) is 95.7 Å². The van der Waals surface area contributed by atoms with E-state index >= 15 is 0 Å². The zero-order valence-corrected chi connectivity index (χ0v) is 13.3. The van der Waals surface area contributed by atoms with E-state index in [9.17, 15) is 14.7 Å². The Hall–Kier alpha value is -2.44. The second-order valence-electron chi connectivity index (χ2n) is 6.00. The van der Waals surface area contributed by atoms with Crippen molar-refractivity contribution in [2.24, 2.45) is 5.73 Å². The van der Waals surface area contributed by atoms with Crippen LogP contribution in [0.15, 0.2) is 42.5 Å². The molecule has 3 rings (SSSR count). The maximum Gasteiger partial charge on any atom is 0.255 e. The van der Waals surface area contributed by atoms with Gasteiger partial charge in [-0.2, -0.15) is 0 Å². The normalized spacial score (nSPS) is 18.6. The molecule has 2 atom stereocenters. The van der Waals surface area contributed by atoms with Gasteiger partial charge >= 0.3 is 0 Å². The molecule has 2 amide bonds. The van der Waals surface area contributed by atoms with Crippen LogP contribution in [-0.4, -0.2) is 47.1 Å². The number of hydrogen-bond donors (Lipinski definition) is 3. The van der Waals surface area contributed by atoms with Crippen LogP contribution in [0.4, 0.5) is 5.69 Å². The number of aliphatic hydroxyl groups excluding tert-OH is 1. The molecule has 6 nitrogen and oxygen atoms in total. The molecule has 1 fully saturated rings. The Balaban J connectivity index is 1.72. The Kier molecular flexibility index (Phi) is 4.78. The van der Waals surface area contributed by atoms with Gasteiger partial charge in [0.05, 0.1) is 12.6 Å². The summed E-state index contributed by atoms with van der Waals surface area (Å²) in [6.07, 6.45) is 0.0869. The monoisotopic (exact) mass is 327 g/mol. The van der Waals surface area contributed by atoms with Crippen LogP contribution in [0, 0.1) is 0 Å². The van der Waals surface area contributed by atoms with Gasteiger partial charge in [-0.15, -0.1) is 0 Å². The first-order valence-corrected chi connectivity index (χ1v) is 8.07. The summed E-state index contributed by atoms with van der Waals surface area (Å²) in [5.74, 6) is -0.748. The van der Waals surface area contributed by atoms with Gasteiger partial charge in [-0.05, 0) is 35.7 Å². The smallest absolute Gasteiger partial charge is 0.255 e. The minimum Gasteiger partial charge on any atom is -0.381 e. The molecule has 0 spiro atoms. The highest BCUT2D eigenvalue weighted by molar-refractivity contribution is 5.97. The highest BCUT2D eigenvalue weighted by Crippen LogP contribution is 2.23. The largest absolute Gasteiger partial charge is 0.381 e. The predicted octanol–water partition coefficient (Wildman–Crippen LogP) is 1.09. The van der Waals surface area contributed by atoms with Gasteiger partial charge in [-0.25, -0.2) is 0 Å². The van der Waals surface area contributed by atoms with Gasteiger partial charge in [-0.3, -0.25) is 9.59 Å². The zero-order chi connectivity index (χ0) is 17.1. The molecule has 1 aliphatic heterocycles. The fourth-order valence-electron chi connectivity index (χ4n) is 3.21. The number of likely N-dealkylation sites (tertiary alicyclic amines) is 1.